The SMILES string of the molecule is CCC1CCN(Cc2cc(N)cc(OC)c2)C1. The summed E-state index contributed by atoms with van der Waals surface area (Å²) >= 11 is 0. The van der Waals surface area contributed by atoms with E-state index in [9.17, 15) is 0 Å². The molecule has 1 aromatic rings. The van der Waals surface area contributed by atoms with Crippen molar-refractivity contribution in [2.45, 2.75) is 26.3 Å². The molecule has 1 atom stereocenters. The summed E-state index contributed by atoms with van der Waals surface area (Å²) in [4.78, 5) is 2.50. The highest BCUT2D eigenvalue weighted by Crippen LogP contribution is 2.24. The Morgan fingerprint density at radius 3 is 2.88 bits per heavy atom. The lowest BCUT2D eigenvalue weighted by molar-refractivity contribution is 0.314. The van der Waals surface area contributed by atoms with Gasteiger partial charge in [-0.3, -0.25) is 4.90 Å². The van der Waals surface area contributed by atoms with Gasteiger partial charge >= 0.3 is 0 Å². The van der Waals surface area contributed by atoms with Crippen LogP contribution in [-0.4, -0.2) is 25.1 Å². The third-order valence-corrected chi connectivity index (χ3v) is 3.58. The Bertz CT molecular complexity index is 378. The Hall–Kier alpha value is -1.22. The zero-order valence-electron chi connectivity index (χ0n) is 10.8. The molecule has 94 valence electrons. The van der Waals surface area contributed by atoms with Crippen LogP contribution < -0.4 is 10.5 Å². The Morgan fingerprint density at radius 2 is 2.24 bits per heavy atom. The first kappa shape index (κ1) is 12.2. The van der Waals surface area contributed by atoms with Crippen LogP contribution >= 0.6 is 0 Å². The highest BCUT2D eigenvalue weighted by molar-refractivity contribution is 5.47. The Balaban J connectivity index is 2.01. The van der Waals surface area contributed by atoms with Gasteiger partial charge in [0.05, 0.1) is 7.11 Å². The van der Waals surface area contributed by atoms with Crippen LogP contribution in [0.5, 0.6) is 5.75 Å². The standard InChI is InChI=1S/C14H22N2O/c1-3-11-4-5-16(9-11)10-12-6-13(15)8-14(7-12)17-2/h6-8,11H,3-5,9-10,15H2,1-2H3. The third kappa shape index (κ3) is 3.13. The fraction of sp³-hybridized carbons (Fsp3) is 0.571. The first-order valence-corrected chi connectivity index (χ1v) is 6.37. The molecule has 0 spiro atoms. The van der Waals surface area contributed by atoms with Crippen molar-refractivity contribution >= 4 is 5.69 Å². The van der Waals surface area contributed by atoms with E-state index in [1.807, 2.05) is 12.1 Å². The monoisotopic (exact) mass is 234 g/mol. The number of nitrogen functional groups attached to an aromatic ring is 1. The van der Waals surface area contributed by atoms with Crippen LogP contribution in [0.3, 0.4) is 0 Å². The van der Waals surface area contributed by atoms with Gasteiger partial charge in [0.15, 0.2) is 0 Å². The van der Waals surface area contributed by atoms with Crippen molar-refractivity contribution in [3.05, 3.63) is 23.8 Å². The number of hydrogen-bond acceptors (Lipinski definition) is 3. The molecule has 1 saturated heterocycles. The molecule has 1 aliphatic heterocycles. The number of rotatable bonds is 4. The highest BCUT2D eigenvalue weighted by atomic mass is 16.5. The van der Waals surface area contributed by atoms with Gasteiger partial charge in [0.2, 0.25) is 0 Å². The van der Waals surface area contributed by atoms with Gasteiger partial charge in [0.1, 0.15) is 5.75 Å². The molecule has 1 aliphatic rings. The normalized spacial score (nSPS) is 20.7. The van der Waals surface area contributed by atoms with Crippen molar-refractivity contribution in [1.29, 1.82) is 0 Å². The maximum Gasteiger partial charge on any atom is 0.121 e. The molecule has 1 unspecified atom stereocenters. The minimum atomic E-state index is 0.783. The van der Waals surface area contributed by atoms with Crippen molar-refractivity contribution in [2.75, 3.05) is 25.9 Å². The molecule has 1 aromatic carbocycles. The lowest BCUT2D eigenvalue weighted by Gasteiger charge is -2.16. The number of nitrogens with zero attached hydrogens (tertiary/aromatic N) is 1. The zero-order valence-corrected chi connectivity index (χ0v) is 10.8. The fourth-order valence-electron chi connectivity index (χ4n) is 2.54. The second kappa shape index (κ2) is 5.41. The van der Waals surface area contributed by atoms with Gasteiger partial charge in [-0.25, -0.2) is 0 Å². The minimum absolute atomic E-state index is 0.783. The summed E-state index contributed by atoms with van der Waals surface area (Å²) in [6.45, 7) is 5.68. The quantitative estimate of drug-likeness (QED) is 0.814. The maximum atomic E-state index is 5.86. The summed E-state index contributed by atoms with van der Waals surface area (Å²) in [6, 6.07) is 5.99. The van der Waals surface area contributed by atoms with E-state index in [2.05, 4.69) is 17.9 Å². The third-order valence-electron chi connectivity index (χ3n) is 3.58. The summed E-state index contributed by atoms with van der Waals surface area (Å²) < 4.78 is 5.24. The van der Waals surface area contributed by atoms with E-state index in [4.69, 9.17) is 10.5 Å². The van der Waals surface area contributed by atoms with E-state index in [1.54, 1.807) is 7.11 Å². The number of likely N-dealkylation sites (tertiary alicyclic amines) is 1. The molecular weight excluding hydrogens is 212 g/mol. The van der Waals surface area contributed by atoms with Gasteiger partial charge in [0, 0.05) is 24.8 Å². The van der Waals surface area contributed by atoms with Gasteiger partial charge in [-0.2, -0.15) is 0 Å². The van der Waals surface area contributed by atoms with Crippen molar-refractivity contribution < 1.29 is 4.74 Å². The van der Waals surface area contributed by atoms with E-state index in [-0.39, 0.29) is 0 Å². The van der Waals surface area contributed by atoms with Gasteiger partial charge < -0.3 is 10.5 Å². The molecule has 3 nitrogen and oxygen atoms in total. The van der Waals surface area contributed by atoms with Crippen LogP contribution in [0.2, 0.25) is 0 Å². The molecule has 0 radical (unpaired) electrons. The number of hydrogen-bond donors (Lipinski definition) is 1. The van der Waals surface area contributed by atoms with Gasteiger partial charge in [0.25, 0.3) is 0 Å². The number of methoxy groups -OCH3 is 1. The van der Waals surface area contributed by atoms with Crippen LogP contribution in [-0.2, 0) is 6.54 Å². The van der Waals surface area contributed by atoms with Crippen molar-refractivity contribution in [2.24, 2.45) is 5.92 Å². The molecule has 0 saturated carbocycles. The second-order valence-corrected chi connectivity index (χ2v) is 4.91. The maximum absolute atomic E-state index is 5.86. The van der Waals surface area contributed by atoms with E-state index in [1.165, 1.54) is 31.5 Å². The number of anilines is 1. The minimum Gasteiger partial charge on any atom is -0.497 e. The number of ether oxygens (including phenoxy) is 1. The Morgan fingerprint density at radius 1 is 1.41 bits per heavy atom. The number of benzene rings is 1. The molecule has 0 aromatic heterocycles. The van der Waals surface area contributed by atoms with Gasteiger partial charge in [-0.05, 0) is 36.6 Å². The predicted octanol–water partition coefficient (Wildman–Crippen LogP) is 2.51. The second-order valence-electron chi connectivity index (χ2n) is 4.91. The van der Waals surface area contributed by atoms with Crippen LogP contribution in [0.4, 0.5) is 5.69 Å². The van der Waals surface area contributed by atoms with E-state index in [0.29, 0.717) is 0 Å². The van der Waals surface area contributed by atoms with Crippen molar-refractivity contribution in [3.8, 4) is 5.75 Å². The summed E-state index contributed by atoms with van der Waals surface area (Å²) in [5.41, 5.74) is 7.90. The van der Waals surface area contributed by atoms with Gasteiger partial charge in [-0.1, -0.05) is 13.3 Å². The molecular formula is C14H22N2O. The molecule has 2 rings (SSSR count). The summed E-state index contributed by atoms with van der Waals surface area (Å²) in [5.74, 6) is 1.73. The Kier molecular flexibility index (Phi) is 3.89. The average Bonchev–Trinajstić information content (AvgIpc) is 2.76. The first-order chi connectivity index (χ1) is 8.21. The van der Waals surface area contributed by atoms with Crippen LogP contribution in [0.25, 0.3) is 0 Å². The largest absolute Gasteiger partial charge is 0.497 e. The summed E-state index contributed by atoms with van der Waals surface area (Å²) in [7, 11) is 1.68. The molecule has 2 N–H and O–H groups in total. The smallest absolute Gasteiger partial charge is 0.121 e. The zero-order chi connectivity index (χ0) is 12.3. The topological polar surface area (TPSA) is 38.5 Å². The van der Waals surface area contributed by atoms with E-state index >= 15 is 0 Å². The lowest BCUT2D eigenvalue weighted by atomic mass is 10.1. The van der Waals surface area contributed by atoms with Crippen LogP contribution in [0.1, 0.15) is 25.3 Å². The molecule has 1 fully saturated rings. The molecule has 0 aliphatic carbocycles. The average molecular weight is 234 g/mol. The summed E-state index contributed by atoms with van der Waals surface area (Å²) in [5, 5.41) is 0. The van der Waals surface area contributed by atoms with E-state index in [0.717, 1.165) is 23.9 Å². The van der Waals surface area contributed by atoms with Crippen molar-refractivity contribution in [3.63, 3.8) is 0 Å². The highest BCUT2D eigenvalue weighted by Gasteiger charge is 2.20. The Labute approximate surface area is 104 Å². The molecule has 1 heterocycles. The number of nitrogens with two attached hydrogens (primary N) is 1. The van der Waals surface area contributed by atoms with Crippen molar-refractivity contribution in [1.82, 2.24) is 4.90 Å². The first-order valence-electron chi connectivity index (χ1n) is 6.37. The summed E-state index contributed by atoms with van der Waals surface area (Å²) in [6.07, 6.45) is 2.62. The lowest BCUT2D eigenvalue weighted by Crippen LogP contribution is -2.20. The molecule has 3 heteroatoms. The predicted molar refractivity (Wildman–Crippen MR) is 71.1 cm³/mol. The molecule has 0 bridgehead atoms. The van der Waals surface area contributed by atoms with Crippen LogP contribution in [0.15, 0.2) is 18.2 Å². The van der Waals surface area contributed by atoms with E-state index < -0.39 is 0 Å². The van der Waals surface area contributed by atoms with Crippen LogP contribution in [0, 0.1) is 5.92 Å². The van der Waals surface area contributed by atoms with Gasteiger partial charge in [-0.15, -0.1) is 0 Å². The molecule has 17 heavy (non-hydrogen) atoms. The molecule has 0 amide bonds. The fourth-order valence-corrected chi connectivity index (χ4v) is 2.54.